The average Bonchev–Trinajstić information content (AvgIpc) is 2.33. The predicted octanol–water partition coefficient (Wildman–Crippen LogP) is 3.03. The maximum atomic E-state index is 6.07. The minimum Gasteiger partial charge on any atom is -0.331 e. The lowest BCUT2D eigenvalue weighted by Crippen LogP contribution is -2.66. The van der Waals surface area contributed by atoms with Crippen LogP contribution in [0, 0.1) is 0 Å². The molecule has 0 amide bonds. The summed E-state index contributed by atoms with van der Waals surface area (Å²) in [5.41, 5.74) is 5.69. The Kier molecular flexibility index (Phi) is 5.36. The third-order valence-electron chi connectivity index (χ3n) is 4.47. The van der Waals surface area contributed by atoms with Crippen molar-refractivity contribution in [2.24, 2.45) is 5.73 Å². The number of nitrogens with one attached hydrogen (secondary N) is 1. The van der Waals surface area contributed by atoms with Crippen molar-refractivity contribution in [3.05, 3.63) is 10.6 Å². The summed E-state index contributed by atoms with van der Waals surface area (Å²) in [6.45, 7) is 13.5. The van der Waals surface area contributed by atoms with Gasteiger partial charge in [0.25, 0.3) is 0 Å². The molecule has 0 unspecified atom stereocenters. The van der Waals surface area contributed by atoms with Gasteiger partial charge in [-0.3, -0.25) is 0 Å². The zero-order chi connectivity index (χ0) is 18.3. The van der Waals surface area contributed by atoms with Crippen LogP contribution in [0.1, 0.15) is 54.4 Å². The van der Waals surface area contributed by atoms with Crippen LogP contribution in [-0.2, 0) is 0 Å². The molecule has 1 aliphatic rings. The topological polar surface area (TPSA) is 80.0 Å². The summed E-state index contributed by atoms with van der Waals surface area (Å²) in [7, 11) is 0. The normalized spacial score (nSPS) is 20.9. The predicted molar refractivity (Wildman–Crippen MR) is 99.8 cm³/mol. The van der Waals surface area contributed by atoms with Crippen LogP contribution in [0.3, 0.4) is 0 Å². The van der Waals surface area contributed by atoms with Gasteiger partial charge in [0.05, 0.1) is 0 Å². The van der Waals surface area contributed by atoms with Gasteiger partial charge in [0.1, 0.15) is 0 Å². The number of halogens is 2. The van der Waals surface area contributed by atoms with Crippen LogP contribution >= 0.6 is 23.2 Å². The fourth-order valence-corrected chi connectivity index (χ4v) is 4.26. The van der Waals surface area contributed by atoms with E-state index in [4.69, 9.17) is 28.9 Å². The Morgan fingerprint density at radius 1 is 1.08 bits per heavy atom. The van der Waals surface area contributed by atoms with Crippen LogP contribution in [0.25, 0.3) is 0 Å². The largest absolute Gasteiger partial charge is 0.331 e. The highest BCUT2D eigenvalue weighted by Gasteiger charge is 2.44. The molecule has 3 N–H and O–H groups in total. The number of aromatic nitrogens is 3. The number of nitrogens with two attached hydrogens (primary N) is 1. The molecule has 0 spiro atoms. The third kappa shape index (κ3) is 4.48. The van der Waals surface area contributed by atoms with E-state index < -0.39 is 0 Å². The molecular weight excluding hydrogens is 347 g/mol. The lowest BCUT2D eigenvalue weighted by atomic mass is 9.78. The molecule has 0 aliphatic carbocycles. The van der Waals surface area contributed by atoms with Crippen LogP contribution in [0.5, 0.6) is 0 Å². The third-order valence-corrected chi connectivity index (χ3v) is 4.81. The fourth-order valence-electron chi connectivity index (χ4n) is 3.90. The van der Waals surface area contributed by atoms with Crippen molar-refractivity contribution < 1.29 is 0 Å². The number of anilines is 1. The average molecular weight is 375 g/mol. The summed E-state index contributed by atoms with van der Waals surface area (Å²) in [5, 5.41) is 3.88. The van der Waals surface area contributed by atoms with Gasteiger partial charge in [0.15, 0.2) is 0 Å². The smallest absolute Gasteiger partial charge is 0.231 e. The van der Waals surface area contributed by atoms with Gasteiger partial charge in [-0.2, -0.15) is 15.0 Å². The Bertz CT molecular complexity index is 566. The van der Waals surface area contributed by atoms with E-state index in [9.17, 15) is 0 Å². The van der Waals surface area contributed by atoms with Gasteiger partial charge in [-0.1, -0.05) is 0 Å². The maximum absolute atomic E-state index is 6.07. The van der Waals surface area contributed by atoms with Crippen molar-refractivity contribution in [2.45, 2.75) is 77.0 Å². The van der Waals surface area contributed by atoms with Crippen molar-refractivity contribution in [2.75, 3.05) is 11.4 Å². The first kappa shape index (κ1) is 19.6. The lowest BCUT2D eigenvalue weighted by molar-refractivity contribution is 0.147. The summed E-state index contributed by atoms with van der Waals surface area (Å²) in [6, 6.07) is 0.198. The van der Waals surface area contributed by atoms with E-state index in [0.29, 0.717) is 12.5 Å². The first-order chi connectivity index (χ1) is 10.9. The molecule has 0 aromatic carbocycles. The van der Waals surface area contributed by atoms with Crippen LogP contribution < -0.4 is 16.0 Å². The number of piperidine rings is 1. The summed E-state index contributed by atoms with van der Waals surface area (Å²) in [5.74, 6) is 0.481. The molecule has 1 aromatic rings. The zero-order valence-corrected chi connectivity index (χ0v) is 16.8. The quantitative estimate of drug-likeness (QED) is 0.842. The van der Waals surface area contributed by atoms with E-state index in [0.717, 1.165) is 12.8 Å². The first-order valence-corrected chi connectivity index (χ1v) is 8.97. The number of nitrogens with zero attached hydrogens (tertiary/aromatic N) is 4. The van der Waals surface area contributed by atoms with Gasteiger partial charge in [-0.25, -0.2) is 0 Å². The molecule has 136 valence electrons. The summed E-state index contributed by atoms with van der Waals surface area (Å²) in [6.07, 6.45) is 1.86. The molecule has 0 radical (unpaired) electrons. The second-order valence-corrected chi connectivity index (χ2v) is 9.19. The SMILES string of the molecule is CC1(C)CC(N(c2nc(Cl)nc(Cl)n2)C(C)(C)CN)CC(C)(C)N1. The molecule has 1 aromatic heterocycles. The summed E-state index contributed by atoms with van der Waals surface area (Å²) < 4.78 is 0. The van der Waals surface area contributed by atoms with Crippen molar-refractivity contribution in [3.63, 3.8) is 0 Å². The molecule has 24 heavy (non-hydrogen) atoms. The Hall–Kier alpha value is -0.690. The number of hydrogen-bond acceptors (Lipinski definition) is 6. The van der Waals surface area contributed by atoms with Gasteiger partial charge in [0, 0.05) is 29.2 Å². The van der Waals surface area contributed by atoms with Crippen molar-refractivity contribution in [1.29, 1.82) is 0 Å². The number of rotatable bonds is 4. The molecule has 0 bridgehead atoms. The Labute approximate surface area is 154 Å². The summed E-state index contributed by atoms with van der Waals surface area (Å²) >= 11 is 12.0. The first-order valence-electron chi connectivity index (χ1n) is 8.21. The van der Waals surface area contributed by atoms with Gasteiger partial charge in [-0.15, -0.1) is 0 Å². The Balaban J connectivity index is 2.51. The number of hydrogen-bond donors (Lipinski definition) is 2. The van der Waals surface area contributed by atoms with E-state index in [1.54, 1.807) is 0 Å². The van der Waals surface area contributed by atoms with E-state index in [1.807, 2.05) is 0 Å². The Morgan fingerprint density at radius 3 is 1.96 bits per heavy atom. The monoisotopic (exact) mass is 374 g/mol. The molecule has 8 heteroatoms. The van der Waals surface area contributed by atoms with Crippen LogP contribution in [0.4, 0.5) is 5.95 Å². The minimum atomic E-state index is -0.345. The van der Waals surface area contributed by atoms with Gasteiger partial charge < -0.3 is 16.0 Å². The molecule has 2 rings (SSSR count). The lowest BCUT2D eigenvalue weighted by Gasteiger charge is -2.53. The Morgan fingerprint density at radius 2 is 1.54 bits per heavy atom. The highest BCUT2D eigenvalue weighted by atomic mass is 35.5. The van der Waals surface area contributed by atoms with Crippen LogP contribution in [0.2, 0.25) is 10.6 Å². The molecule has 1 saturated heterocycles. The van der Waals surface area contributed by atoms with E-state index in [1.165, 1.54) is 0 Å². The van der Waals surface area contributed by atoms with E-state index in [-0.39, 0.29) is 33.2 Å². The molecule has 0 atom stereocenters. The highest BCUT2D eigenvalue weighted by Crippen LogP contribution is 2.36. The standard InChI is InChI=1S/C16H28Cl2N6/c1-14(2)7-10(8-15(3,4)23-14)24(16(5,6)9-19)13-21-11(17)20-12(18)22-13/h10,23H,7-9,19H2,1-6H3. The molecular formula is C16H28Cl2N6. The molecule has 0 saturated carbocycles. The molecule has 1 aliphatic heterocycles. The maximum Gasteiger partial charge on any atom is 0.231 e. The summed E-state index contributed by atoms with van der Waals surface area (Å²) in [4.78, 5) is 14.7. The van der Waals surface area contributed by atoms with Gasteiger partial charge in [0.2, 0.25) is 16.5 Å². The zero-order valence-electron chi connectivity index (χ0n) is 15.3. The second-order valence-electron chi connectivity index (χ2n) is 8.51. The fraction of sp³-hybridized carbons (Fsp3) is 0.812. The van der Waals surface area contributed by atoms with E-state index >= 15 is 0 Å². The highest BCUT2D eigenvalue weighted by molar-refractivity contribution is 6.31. The van der Waals surface area contributed by atoms with Crippen molar-refractivity contribution >= 4 is 29.2 Å². The minimum absolute atomic E-state index is 0.0179. The van der Waals surface area contributed by atoms with Gasteiger partial charge in [-0.05, 0) is 77.6 Å². The molecule has 1 fully saturated rings. The van der Waals surface area contributed by atoms with Crippen LogP contribution in [-0.4, -0.2) is 44.2 Å². The van der Waals surface area contributed by atoms with Gasteiger partial charge >= 0.3 is 0 Å². The van der Waals surface area contributed by atoms with E-state index in [2.05, 4.69) is 66.7 Å². The van der Waals surface area contributed by atoms with Crippen LogP contribution in [0.15, 0.2) is 0 Å². The van der Waals surface area contributed by atoms with Crippen molar-refractivity contribution in [1.82, 2.24) is 20.3 Å². The molecule has 6 nitrogen and oxygen atoms in total. The second kappa shape index (κ2) is 6.56. The molecule has 2 heterocycles. The van der Waals surface area contributed by atoms with Crippen molar-refractivity contribution in [3.8, 4) is 0 Å².